The van der Waals surface area contributed by atoms with Crippen molar-refractivity contribution in [2.45, 2.75) is 28.7 Å². The molecule has 2 saturated heterocycles. The zero-order valence-corrected chi connectivity index (χ0v) is 15.9. The van der Waals surface area contributed by atoms with Gasteiger partial charge in [-0.15, -0.1) is 11.8 Å². The Morgan fingerprint density at radius 3 is 2.67 bits per heavy atom. The predicted octanol–water partition coefficient (Wildman–Crippen LogP) is 1.56. The maximum absolute atomic E-state index is 11.6. The van der Waals surface area contributed by atoms with Gasteiger partial charge in [-0.25, -0.2) is 8.42 Å². The van der Waals surface area contributed by atoms with Crippen molar-refractivity contribution in [3.8, 4) is 0 Å². The maximum Gasteiger partial charge on any atom is 0.175 e. The first-order valence-electron chi connectivity index (χ1n) is 8.37. The van der Waals surface area contributed by atoms with E-state index >= 15 is 0 Å². The molecule has 7 heteroatoms. The lowest BCUT2D eigenvalue weighted by molar-refractivity contribution is -0.00135. The monoisotopic (exact) mass is 370 g/mol. The van der Waals surface area contributed by atoms with Gasteiger partial charge in [0.2, 0.25) is 0 Å². The molecule has 1 aromatic carbocycles. The number of hydrogen-bond acceptors (Lipinski definition) is 6. The van der Waals surface area contributed by atoms with Gasteiger partial charge in [0.05, 0.1) is 23.0 Å². The summed E-state index contributed by atoms with van der Waals surface area (Å²) in [6.07, 6.45) is 2.46. The van der Waals surface area contributed by atoms with Crippen LogP contribution in [0.2, 0.25) is 0 Å². The molecule has 5 nitrogen and oxygen atoms in total. The topological polar surface area (TPSA) is 58.6 Å². The number of ether oxygens (including phenoxy) is 1. The number of hydrogen-bond donors (Lipinski definition) is 1. The van der Waals surface area contributed by atoms with Crippen molar-refractivity contribution in [1.82, 2.24) is 10.2 Å². The van der Waals surface area contributed by atoms with Crippen LogP contribution in [0.3, 0.4) is 0 Å². The standard InChI is InChI=1S/C17H26N2O3S2/c1-19-10-14(13-3-5-16(6-4-13)24(2,20)21)9-15(11-19)22-12-17-18-7-8-23-17/h3-6,14-15,17-18H,7-12H2,1-2H3. The number of thioether (sulfide) groups is 1. The Hall–Kier alpha value is -0.600. The Kier molecular flexibility index (Phi) is 5.87. The molecule has 0 aliphatic carbocycles. The molecular formula is C17H26N2O3S2. The summed E-state index contributed by atoms with van der Waals surface area (Å²) in [4.78, 5) is 2.69. The molecule has 1 N–H and O–H groups in total. The lowest BCUT2D eigenvalue weighted by atomic mass is 9.89. The van der Waals surface area contributed by atoms with E-state index in [0.717, 1.165) is 38.4 Å². The molecule has 0 saturated carbocycles. The molecule has 2 fully saturated rings. The summed E-state index contributed by atoms with van der Waals surface area (Å²) in [6, 6.07) is 7.33. The molecule has 2 aliphatic rings. The van der Waals surface area contributed by atoms with Gasteiger partial charge in [0.25, 0.3) is 0 Å². The Labute approximate surface area is 149 Å². The number of nitrogens with zero attached hydrogens (tertiary/aromatic N) is 1. The van der Waals surface area contributed by atoms with Gasteiger partial charge in [0.1, 0.15) is 0 Å². The normalized spacial score (nSPS) is 29.0. The number of benzene rings is 1. The third kappa shape index (κ3) is 4.73. The van der Waals surface area contributed by atoms with Crippen LogP contribution in [-0.2, 0) is 14.6 Å². The summed E-state index contributed by atoms with van der Waals surface area (Å²) < 4.78 is 29.3. The first-order chi connectivity index (χ1) is 11.4. The third-order valence-electron chi connectivity index (χ3n) is 4.65. The van der Waals surface area contributed by atoms with Gasteiger partial charge in [-0.2, -0.15) is 0 Å². The van der Waals surface area contributed by atoms with E-state index in [-0.39, 0.29) is 6.10 Å². The van der Waals surface area contributed by atoms with Gasteiger partial charge in [0.15, 0.2) is 9.84 Å². The Morgan fingerprint density at radius 1 is 1.29 bits per heavy atom. The van der Waals surface area contributed by atoms with E-state index in [2.05, 4.69) is 17.3 Å². The first kappa shape index (κ1) is 18.2. The fourth-order valence-corrected chi connectivity index (χ4v) is 4.99. The van der Waals surface area contributed by atoms with Crippen molar-refractivity contribution in [2.24, 2.45) is 0 Å². The summed E-state index contributed by atoms with van der Waals surface area (Å²) in [5, 5.41) is 3.86. The molecule has 0 aromatic heterocycles. The predicted molar refractivity (Wildman–Crippen MR) is 98.4 cm³/mol. The van der Waals surface area contributed by atoms with Crippen LogP contribution in [0.15, 0.2) is 29.2 Å². The molecule has 24 heavy (non-hydrogen) atoms. The van der Waals surface area contributed by atoms with Crippen LogP contribution in [0, 0.1) is 0 Å². The van der Waals surface area contributed by atoms with Gasteiger partial charge in [-0.3, -0.25) is 0 Å². The minimum absolute atomic E-state index is 0.228. The van der Waals surface area contributed by atoms with Gasteiger partial charge in [-0.1, -0.05) is 12.1 Å². The van der Waals surface area contributed by atoms with Gasteiger partial charge in [0, 0.05) is 31.6 Å². The average Bonchev–Trinajstić information content (AvgIpc) is 3.05. The summed E-state index contributed by atoms with van der Waals surface area (Å²) in [7, 11) is -1.01. The summed E-state index contributed by atoms with van der Waals surface area (Å²) in [6.45, 7) is 3.76. The number of piperidine rings is 1. The van der Waals surface area contributed by atoms with Gasteiger partial charge in [-0.05, 0) is 37.1 Å². The fourth-order valence-electron chi connectivity index (χ4n) is 3.42. The second-order valence-corrected chi connectivity index (χ2v) is 10.1. The maximum atomic E-state index is 11.6. The largest absolute Gasteiger partial charge is 0.374 e. The lowest BCUT2D eigenvalue weighted by Gasteiger charge is -2.36. The second kappa shape index (κ2) is 7.74. The number of sulfone groups is 1. The quantitative estimate of drug-likeness (QED) is 0.849. The molecule has 3 rings (SSSR count). The molecular weight excluding hydrogens is 344 g/mol. The van der Waals surface area contributed by atoms with Gasteiger partial charge < -0.3 is 15.0 Å². The van der Waals surface area contributed by atoms with E-state index in [1.165, 1.54) is 11.8 Å². The van der Waals surface area contributed by atoms with Crippen molar-refractivity contribution in [2.75, 3.05) is 45.3 Å². The van der Waals surface area contributed by atoms with Crippen LogP contribution < -0.4 is 5.32 Å². The lowest BCUT2D eigenvalue weighted by Crippen LogP contribution is -2.42. The molecule has 134 valence electrons. The Morgan fingerprint density at radius 2 is 2.04 bits per heavy atom. The van der Waals surface area contributed by atoms with E-state index in [4.69, 9.17) is 4.74 Å². The third-order valence-corrected chi connectivity index (χ3v) is 6.92. The van der Waals surface area contributed by atoms with Crippen molar-refractivity contribution >= 4 is 21.6 Å². The fraction of sp³-hybridized carbons (Fsp3) is 0.647. The smallest absolute Gasteiger partial charge is 0.175 e. The van der Waals surface area contributed by atoms with Gasteiger partial charge >= 0.3 is 0 Å². The highest BCUT2D eigenvalue weighted by atomic mass is 32.2. The molecule has 0 radical (unpaired) electrons. The first-order valence-corrected chi connectivity index (χ1v) is 11.3. The molecule has 0 spiro atoms. The van der Waals surface area contributed by atoms with E-state index < -0.39 is 9.84 Å². The van der Waals surface area contributed by atoms with Crippen molar-refractivity contribution in [3.05, 3.63) is 29.8 Å². The minimum Gasteiger partial charge on any atom is -0.374 e. The summed E-state index contributed by atoms with van der Waals surface area (Å²) >= 11 is 1.93. The molecule has 1 aromatic rings. The van der Waals surface area contributed by atoms with Crippen LogP contribution in [0.5, 0.6) is 0 Å². The summed E-state index contributed by atoms with van der Waals surface area (Å²) in [5.41, 5.74) is 1.19. The average molecular weight is 371 g/mol. The van der Waals surface area contributed by atoms with E-state index in [0.29, 0.717) is 16.2 Å². The van der Waals surface area contributed by atoms with Crippen LogP contribution in [-0.4, -0.2) is 70.1 Å². The van der Waals surface area contributed by atoms with E-state index in [9.17, 15) is 8.42 Å². The molecule has 2 heterocycles. The van der Waals surface area contributed by atoms with Crippen molar-refractivity contribution in [3.63, 3.8) is 0 Å². The van der Waals surface area contributed by atoms with E-state index in [1.807, 2.05) is 23.9 Å². The molecule has 0 bridgehead atoms. The van der Waals surface area contributed by atoms with E-state index in [1.54, 1.807) is 12.1 Å². The highest BCUT2D eigenvalue weighted by Crippen LogP contribution is 2.29. The zero-order chi connectivity index (χ0) is 17.2. The highest BCUT2D eigenvalue weighted by molar-refractivity contribution is 8.00. The highest BCUT2D eigenvalue weighted by Gasteiger charge is 2.28. The van der Waals surface area contributed by atoms with Crippen LogP contribution >= 0.6 is 11.8 Å². The van der Waals surface area contributed by atoms with Crippen molar-refractivity contribution in [1.29, 1.82) is 0 Å². The molecule has 3 unspecified atom stereocenters. The minimum atomic E-state index is -3.13. The Bertz CT molecular complexity index is 642. The molecule has 0 amide bonds. The van der Waals surface area contributed by atoms with Crippen molar-refractivity contribution < 1.29 is 13.2 Å². The molecule has 3 atom stereocenters. The van der Waals surface area contributed by atoms with Crippen LogP contribution in [0.25, 0.3) is 0 Å². The van der Waals surface area contributed by atoms with Crippen LogP contribution in [0.1, 0.15) is 17.9 Å². The molecule has 2 aliphatic heterocycles. The summed E-state index contributed by atoms with van der Waals surface area (Å²) in [5.74, 6) is 1.54. The van der Waals surface area contributed by atoms with Crippen LogP contribution in [0.4, 0.5) is 0 Å². The number of nitrogens with one attached hydrogen (secondary N) is 1. The SMILES string of the molecule is CN1CC(OCC2NCCS2)CC(c2ccc(S(C)(=O)=O)cc2)C1. The zero-order valence-electron chi connectivity index (χ0n) is 14.3. The number of rotatable bonds is 5. The number of likely N-dealkylation sites (N-methyl/N-ethyl adjacent to an activating group) is 1. The Balaban J connectivity index is 1.62. The second-order valence-electron chi connectivity index (χ2n) is 6.76. The number of likely N-dealkylation sites (tertiary alicyclic amines) is 1.